The number of amides is 4. The Hall–Kier alpha value is -1.63. The smallest absolute Gasteiger partial charge is 0.325 e. The van der Waals surface area contributed by atoms with Crippen LogP contribution in [0.3, 0.4) is 0 Å². The van der Waals surface area contributed by atoms with Gasteiger partial charge in [0.05, 0.1) is 0 Å². The number of carbonyl (C=O) groups is 3. The zero-order chi connectivity index (χ0) is 15.4. The highest BCUT2D eigenvalue weighted by Gasteiger charge is 2.48. The Kier molecular flexibility index (Phi) is 3.20. The lowest BCUT2D eigenvalue weighted by molar-refractivity contribution is -0.133. The van der Waals surface area contributed by atoms with Crippen LogP contribution in [0, 0.1) is 11.8 Å². The van der Waals surface area contributed by atoms with Crippen LogP contribution in [0.4, 0.5) is 4.79 Å². The largest absolute Gasteiger partial charge is 0.341 e. The highest BCUT2D eigenvalue weighted by atomic mass is 16.2. The number of hydrogen-bond acceptors (Lipinski definition) is 4. The molecule has 3 rings (SSSR count). The maximum Gasteiger partial charge on any atom is 0.325 e. The lowest BCUT2D eigenvalue weighted by Gasteiger charge is -2.29. The Balaban J connectivity index is 1.65. The van der Waals surface area contributed by atoms with Gasteiger partial charge in [0.2, 0.25) is 5.91 Å². The molecule has 116 valence electrons. The van der Waals surface area contributed by atoms with E-state index >= 15 is 0 Å². The van der Waals surface area contributed by atoms with Crippen LogP contribution in [0.5, 0.6) is 0 Å². The molecule has 1 aliphatic carbocycles. The van der Waals surface area contributed by atoms with Crippen LogP contribution in [0.15, 0.2) is 0 Å². The first-order chi connectivity index (χ1) is 9.80. The second-order valence-corrected chi connectivity index (χ2v) is 6.87. The number of nitrogens with two attached hydrogens (primary N) is 1. The molecule has 3 aliphatic rings. The van der Waals surface area contributed by atoms with Crippen molar-refractivity contribution in [2.75, 3.05) is 19.6 Å². The fraction of sp³-hybridized carbons (Fsp3) is 0.786. The summed E-state index contributed by atoms with van der Waals surface area (Å²) in [5.74, 6) is 0.414. The van der Waals surface area contributed by atoms with Gasteiger partial charge in [-0.05, 0) is 38.5 Å². The average molecular weight is 294 g/mol. The molecule has 0 aromatic carbocycles. The summed E-state index contributed by atoms with van der Waals surface area (Å²) >= 11 is 0. The highest BCUT2D eigenvalue weighted by molar-refractivity contribution is 6.07. The summed E-state index contributed by atoms with van der Waals surface area (Å²) in [4.78, 5) is 39.0. The third-order valence-electron chi connectivity index (χ3n) is 5.25. The van der Waals surface area contributed by atoms with Gasteiger partial charge in [0.25, 0.3) is 5.91 Å². The summed E-state index contributed by atoms with van der Waals surface area (Å²) in [6, 6.07) is -0.310. The molecule has 7 nitrogen and oxygen atoms in total. The molecule has 3 N–H and O–H groups in total. The molecule has 2 aliphatic heterocycles. The minimum atomic E-state index is -0.973. The number of hydrogen-bond donors (Lipinski definition) is 2. The van der Waals surface area contributed by atoms with E-state index in [0.29, 0.717) is 18.4 Å². The van der Waals surface area contributed by atoms with Crippen molar-refractivity contribution in [3.05, 3.63) is 0 Å². The number of fused-ring (bicyclic) bond motifs is 1. The number of urea groups is 1. The maximum atomic E-state index is 12.4. The van der Waals surface area contributed by atoms with Crippen LogP contribution in [0.25, 0.3) is 0 Å². The molecule has 0 bridgehead atoms. The van der Waals surface area contributed by atoms with Gasteiger partial charge in [-0.25, -0.2) is 4.79 Å². The second-order valence-electron chi connectivity index (χ2n) is 6.87. The zero-order valence-corrected chi connectivity index (χ0v) is 12.5. The van der Waals surface area contributed by atoms with E-state index in [-0.39, 0.29) is 24.4 Å². The van der Waals surface area contributed by atoms with E-state index in [1.807, 2.05) is 0 Å². The molecular formula is C14H22N4O3. The van der Waals surface area contributed by atoms with Gasteiger partial charge in [-0.3, -0.25) is 14.9 Å². The van der Waals surface area contributed by atoms with Crippen LogP contribution < -0.4 is 11.1 Å². The molecular weight excluding hydrogens is 272 g/mol. The predicted octanol–water partition coefficient (Wildman–Crippen LogP) is -0.487. The third kappa shape index (κ3) is 2.19. The Bertz CT molecular complexity index is 504. The van der Waals surface area contributed by atoms with Crippen molar-refractivity contribution in [3.8, 4) is 0 Å². The van der Waals surface area contributed by atoms with Crippen LogP contribution in [0.1, 0.15) is 26.7 Å². The Morgan fingerprint density at radius 2 is 2.05 bits per heavy atom. The molecule has 0 radical (unpaired) electrons. The molecule has 0 aromatic heterocycles. The molecule has 2 heterocycles. The van der Waals surface area contributed by atoms with Crippen molar-refractivity contribution in [2.24, 2.45) is 17.6 Å². The van der Waals surface area contributed by atoms with Crippen LogP contribution in [0.2, 0.25) is 0 Å². The Labute approximate surface area is 123 Å². The van der Waals surface area contributed by atoms with Crippen LogP contribution >= 0.6 is 0 Å². The maximum absolute atomic E-state index is 12.4. The van der Waals surface area contributed by atoms with E-state index in [1.165, 1.54) is 4.90 Å². The normalized spacial score (nSPS) is 34.3. The fourth-order valence-electron chi connectivity index (χ4n) is 3.71. The van der Waals surface area contributed by atoms with E-state index in [0.717, 1.165) is 19.4 Å². The number of nitrogens with zero attached hydrogens (tertiary/aromatic N) is 2. The quantitative estimate of drug-likeness (QED) is 0.672. The van der Waals surface area contributed by atoms with Gasteiger partial charge in [0, 0.05) is 19.1 Å². The highest BCUT2D eigenvalue weighted by Crippen LogP contribution is 2.37. The SMILES string of the molecule is CC1(C)C(=O)NC(=O)N1CC(=O)N1CC2CCC(N)C2C1. The first kappa shape index (κ1) is 14.3. The number of likely N-dealkylation sites (tertiary alicyclic amines) is 1. The summed E-state index contributed by atoms with van der Waals surface area (Å²) in [6.07, 6.45) is 2.11. The molecule has 0 spiro atoms. The standard InChI is InChI=1S/C14H22N4O3/c1-14(2)12(20)16-13(21)18(14)7-11(19)17-5-8-3-4-10(15)9(8)6-17/h8-10H,3-7,15H2,1-2H3,(H,16,20,21). The summed E-state index contributed by atoms with van der Waals surface area (Å²) in [6.45, 7) is 4.64. The summed E-state index contributed by atoms with van der Waals surface area (Å²) in [5.41, 5.74) is 5.10. The molecule has 3 fully saturated rings. The first-order valence-corrected chi connectivity index (χ1v) is 7.47. The molecule has 21 heavy (non-hydrogen) atoms. The molecule has 3 atom stereocenters. The zero-order valence-electron chi connectivity index (χ0n) is 12.5. The van der Waals surface area contributed by atoms with Gasteiger partial charge < -0.3 is 15.5 Å². The van der Waals surface area contributed by atoms with Crippen LogP contribution in [-0.4, -0.2) is 58.9 Å². The summed E-state index contributed by atoms with van der Waals surface area (Å²) in [7, 11) is 0. The van der Waals surface area contributed by atoms with Crippen LogP contribution in [-0.2, 0) is 9.59 Å². The number of rotatable bonds is 2. The lowest BCUT2D eigenvalue weighted by atomic mass is 9.98. The first-order valence-electron chi connectivity index (χ1n) is 7.47. The van der Waals surface area contributed by atoms with Gasteiger partial charge in [-0.15, -0.1) is 0 Å². The topological polar surface area (TPSA) is 95.7 Å². The fourth-order valence-corrected chi connectivity index (χ4v) is 3.71. The Morgan fingerprint density at radius 3 is 2.62 bits per heavy atom. The van der Waals surface area contributed by atoms with E-state index in [1.54, 1.807) is 18.7 Å². The van der Waals surface area contributed by atoms with Crippen molar-refractivity contribution in [1.82, 2.24) is 15.1 Å². The van der Waals surface area contributed by atoms with Gasteiger partial charge in [-0.1, -0.05) is 0 Å². The monoisotopic (exact) mass is 294 g/mol. The van der Waals surface area contributed by atoms with Gasteiger partial charge in [-0.2, -0.15) is 0 Å². The van der Waals surface area contributed by atoms with E-state index in [9.17, 15) is 14.4 Å². The minimum absolute atomic E-state index is 0.0563. The molecule has 3 unspecified atom stereocenters. The Morgan fingerprint density at radius 1 is 1.33 bits per heavy atom. The van der Waals surface area contributed by atoms with E-state index in [2.05, 4.69) is 5.32 Å². The average Bonchev–Trinajstić information content (AvgIpc) is 3.02. The molecule has 2 saturated heterocycles. The van der Waals surface area contributed by atoms with Crippen molar-refractivity contribution in [3.63, 3.8) is 0 Å². The molecule has 7 heteroatoms. The van der Waals surface area contributed by atoms with Gasteiger partial charge in [0.1, 0.15) is 12.1 Å². The lowest BCUT2D eigenvalue weighted by Crippen LogP contribution is -2.49. The van der Waals surface area contributed by atoms with E-state index < -0.39 is 11.6 Å². The molecule has 1 saturated carbocycles. The third-order valence-corrected chi connectivity index (χ3v) is 5.25. The second kappa shape index (κ2) is 4.69. The minimum Gasteiger partial charge on any atom is -0.341 e. The summed E-state index contributed by atoms with van der Waals surface area (Å²) in [5, 5.41) is 2.26. The number of carbonyl (C=O) groups excluding carboxylic acids is 3. The van der Waals surface area contributed by atoms with Crippen molar-refractivity contribution < 1.29 is 14.4 Å². The molecule has 0 aromatic rings. The van der Waals surface area contributed by atoms with Gasteiger partial charge >= 0.3 is 6.03 Å². The summed E-state index contributed by atoms with van der Waals surface area (Å²) < 4.78 is 0. The molecule has 4 amide bonds. The predicted molar refractivity (Wildman–Crippen MR) is 75.1 cm³/mol. The van der Waals surface area contributed by atoms with Crippen molar-refractivity contribution >= 4 is 17.8 Å². The number of nitrogens with one attached hydrogen (secondary N) is 1. The van der Waals surface area contributed by atoms with Crippen molar-refractivity contribution in [1.29, 1.82) is 0 Å². The van der Waals surface area contributed by atoms with Crippen molar-refractivity contribution in [2.45, 2.75) is 38.3 Å². The van der Waals surface area contributed by atoms with Gasteiger partial charge in [0.15, 0.2) is 0 Å². The van der Waals surface area contributed by atoms with E-state index in [4.69, 9.17) is 5.73 Å². The number of imide groups is 1.